The largest absolute Gasteiger partial charge is 0.497 e. The Kier molecular flexibility index (Phi) is 4.56. The topological polar surface area (TPSA) is 64.9 Å². The molecule has 0 bridgehead atoms. The molecule has 1 aliphatic carbocycles. The van der Waals surface area contributed by atoms with Gasteiger partial charge in [0.05, 0.1) is 7.11 Å². The van der Waals surface area contributed by atoms with Gasteiger partial charge in [0.15, 0.2) is 5.82 Å². The minimum absolute atomic E-state index is 0.465. The third-order valence-electron chi connectivity index (χ3n) is 4.89. The van der Waals surface area contributed by atoms with E-state index >= 15 is 0 Å². The number of rotatable bonds is 5. The molecule has 2 heterocycles. The highest BCUT2D eigenvalue weighted by atomic mass is 16.5. The number of aromatic nitrogens is 4. The van der Waals surface area contributed by atoms with Crippen molar-refractivity contribution in [2.45, 2.75) is 31.7 Å². The fraction of sp³-hybridized carbons (Fsp3) is 0.350. The van der Waals surface area contributed by atoms with E-state index in [-0.39, 0.29) is 0 Å². The van der Waals surface area contributed by atoms with E-state index in [4.69, 9.17) is 9.72 Å². The maximum absolute atomic E-state index is 5.37. The molecule has 134 valence electrons. The molecule has 6 nitrogen and oxygen atoms in total. The Hall–Kier alpha value is -2.89. The zero-order chi connectivity index (χ0) is 17.9. The van der Waals surface area contributed by atoms with Crippen molar-refractivity contribution in [3.63, 3.8) is 0 Å². The fourth-order valence-corrected chi connectivity index (χ4v) is 3.47. The van der Waals surface area contributed by atoms with E-state index in [1.807, 2.05) is 48.3 Å². The van der Waals surface area contributed by atoms with Crippen molar-refractivity contribution >= 4 is 5.95 Å². The number of hydrogen-bond acceptors (Lipinski definition) is 5. The predicted molar refractivity (Wildman–Crippen MR) is 102 cm³/mol. The Morgan fingerprint density at radius 3 is 2.77 bits per heavy atom. The number of anilines is 1. The van der Waals surface area contributed by atoms with Crippen LogP contribution in [0.5, 0.6) is 5.75 Å². The molecule has 0 amide bonds. The molecule has 0 radical (unpaired) electrons. The van der Waals surface area contributed by atoms with Gasteiger partial charge >= 0.3 is 0 Å². The standard InChI is InChI=1S/C20H23N5O/c1-25-11-10-21-19(25)18-17(14-6-5-9-16(12-14)26-2)13-22-20(24-18)23-15-7-3-4-8-15/h5-6,9-13,15H,3-4,7-8H2,1-2H3,(H,22,23,24). The maximum Gasteiger partial charge on any atom is 0.223 e. The van der Waals surface area contributed by atoms with E-state index < -0.39 is 0 Å². The highest BCUT2D eigenvalue weighted by Crippen LogP contribution is 2.32. The lowest BCUT2D eigenvalue weighted by Crippen LogP contribution is -2.17. The van der Waals surface area contributed by atoms with Crippen LogP contribution in [0.1, 0.15) is 25.7 Å². The second kappa shape index (κ2) is 7.15. The van der Waals surface area contributed by atoms with Crippen LogP contribution in [-0.4, -0.2) is 32.7 Å². The lowest BCUT2D eigenvalue weighted by molar-refractivity contribution is 0.415. The first-order valence-electron chi connectivity index (χ1n) is 9.00. The second-order valence-electron chi connectivity index (χ2n) is 6.68. The number of nitrogens with zero attached hydrogens (tertiary/aromatic N) is 4. The van der Waals surface area contributed by atoms with E-state index in [1.54, 1.807) is 13.3 Å². The van der Waals surface area contributed by atoms with Crippen molar-refractivity contribution in [3.05, 3.63) is 42.9 Å². The van der Waals surface area contributed by atoms with Crippen LogP contribution in [0.4, 0.5) is 5.95 Å². The molecule has 1 fully saturated rings. The van der Waals surface area contributed by atoms with Crippen LogP contribution in [-0.2, 0) is 7.05 Å². The number of methoxy groups -OCH3 is 1. The Balaban J connectivity index is 1.78. The van der Waals surface area contributed by atoms with Gasteiger partial charge in [-0.3, -0.25) is 0 Å². The van der Waals surface area contributed by atoms with E-state index in [1.165, 1.54) is 25.7 Å². The van der Waals surface area contributed by atoms with Crippen molar-refractivity contribution < 1.29 is 4.74 Å². The van der Waals surface area contributed by atoms with Gasteiger partial charge in [-0.2, -0.15) is 0 Å². The van der Waals surface area contributed by atoms with Crippen molar-refractivity contribution in [1.29, 1.82) is 0 Å². The monoisotopic (exact) mass is 349 g/mol. The first-order valence-corrected chi connectivity index (χ1v) is 9.00. The van der Waals surface area contributed by atoms with Gasteiger partial charge in [-0.05, 0) is 30.5 Å². The molecule has 6 heteroatoms. The molecular weight excluding hydrogens is 326 g/mol. The molecule has 1 N–H and O–H groups in total. The van der Waals surface area contributed by atoms with Gasteiger partial charge in [0.2, 0.25) is 5.95 Å². The summed E-state index contributed by atoms with van der Waals surface area (Å²) < 4.78 is 7.35. The summed E-state index contributed by atoms with van der Waals surface area (Å²) in [5, 5.41) is 3.48. The van der Waals surface area contributed by atoms with Crippen molar-refractivity contribution in [2.75, 3.05) is 12.4 Å². The van der Waals surface area contributed by atoms with Crippen molar-refractivity contribution in [3.8, 4) is 28.4 Å². The molecule has 0 atom stereocenters. The number of nitrogens with one attached hydrogen (secondary N) is 1. The molecule has 26 heavy (non-hydrogen) atoms. The number of aryl methyl sites for hydroxylation is 1. The zero-order valence-electron chi connectivity index (χ0n) is 15.1. The third kappa shape index (κ3) is 3.27. The highest BCUT2D eigenvalue weighted by molar-refractivity contribution is 5.78. The molecule has 3 aromatic rings. The number of ether oxygens (including phenoxy) is 1. The maximum atomic E-state index is 5.37. The Labute approximate surface area is 153 Å². The molecule has 0 aliphatic heterocycles. The average Bonchev–Trinajstić information content (AvgIpc) is 3.33. The molecule has 0 saturated heterocycles. The SMILES string of the molecule is COc1cccc(-c2cnc(NC3CCCC3)nc2-c2nccn2C)c1. The molecule has 1 aromatic carbocycles. The van der Waals surface area contributed by atoms with E-state index in [2.05, 4.69) is 15.3 Å². The van der Waals surface area contributed by atoms with Crippen molar-refractivity contribution in [1.82, 2.24) is 19.5 Å². The van der Waals surface area contributed by atoms with Gasteiger partial charge in [0, 0.05) is 37.2 Å². The third-order valence-corrected chi connectivity index (χ3v) is 4.89. The molecule has 0 spiro atoms. The summed E-state index contributed by atoms with van der Waals surface area (Å²) in [5.74, 6) is 2.29. The smallest absolute Gasteiger partial charge is 0.223 e. The lowest BCUT2D eigenvalue weighted by Gasteiger charge is -2.15. The lowest BCUT2D eigenvalue weighted by atomic mass is 10.0. The highest BCUT2D eigenvalue weighted by Gasteiger charge is 2.19. The van der Waals surface area contributed by atoms with Crippen molar-refractivity contribution in [2.24, 2.45) is 7.05 Å². The minimum Gasteiger partial charge on any atom is -0.497 e. The van der Waals surface area contributed by atoms with E-state index in [0.29, 0.717) is 12.0 Å². The summed E-state index contributed by atoms with van der Waals surface area (Å²) >= 11 is 0. The normalized spacial score (nSPS) is 14.5. The van der Waals surface area contributed by atoms with Crippen LogP contribution in [0.15, 0.2) is 42.9 Å². The molecule has 4 rings (SSSR count). The fourth-order valence-electron chi connectivity index (χ4n) is 3.47. The number of hydrogen-bond donors (Lipinski definition) is 1. The molecule has 0 unspecified atom stereocenters. The summed E-state index contributed by atoms with van der Waals surface area (Å²) in [4.78, 5) is 13.9. The predicted octanol–water partition coefficient (Wildman–Crippen LogP) is 3.91. The summed E-state index contributed by atoms with van der Waals surface area (Å²) in [5.41, 5.74) is 2.77. The Bertz CT molecular complexity index is 899. The summed E-state index contributed by atoms with van der Waals surface area (Å²) in [6.07, 6.45) is 10.5. The Morgan fingerprint density at radius 1 is 1.19 bits per heavy atom. The second-order valence-corrected chi connectivity index (χ2v) is 6.68. The van der Waals surface area contributed by atoms with E-state index in [9.17, 15) is 0 Å². The number of benzene rings is 1. The van der Waals surface area contributed by atoms with Crippen LogP contribution >= 0.6 is 0 Å². The van der Waals surface area contributed by atoms with Crippen LogP contribution < -0.4 is 10.1 Å². The van der Waals surface area contributed by atoms with E-state index in [0.717, 1.165) is 28.4 Å². The summed E-state index contributed by atoms with van der Waals surface area (Å²) in [7, 11) is 3.65. The molecular formula is C20H23N5O. The van der Waals surface area contributed by atoms with Gasteiger partial charge in [-0.15, -0.1) is 0 Å². The minimum atomic E-state index is 0.465. The van der Waals surface area contributed by atoms with Gasteiger partial charge in [0.25, 0.3) is 0 Å². The van der Waals surface area contributed by atoms with Gasteiger partial charge in [0.1, 0.15) is 11.4 Å². The summed E-state index contributed by atoms with van der Waals surface area (Å²) in [6, 6.07) is 8.40. The molecule has 1 aliphatic rings. The van der Waals surface area contributed by atoms with Gasteiger partial charge < -0.3 is 14.6 Å². The van der Waals surface area contributed by atoms with Gasteiger partial charge in [-0.1, -0.05) is 25.0 Å². The van der Waals surface area contributed by atoms with Crippen LogP contribution in [0.25, 0.3) is 22.6 Å². The number of imidazole rings is 1. The molecule has 1 saturated carbocycles. The van der Waals surface area contributed by atoms with Crippen LogP contribution in [0.3, 0.4) is 0 Å². The van der Waals surface area contributed by atoms with Crippen LogP contribution in [0.2, 0.25) is 0 Å². The van der Waals surface area contributed by atoms with Crippen LogP contribution in [0, 0.1) is 0 Å². The molecule has 2 aromatic heterocycles. The average molecular weight is 349 g/mol. The first-order chi connectivity index (χ1) is 12.7. The van der Waals surface area contributed by atoms with Gasteiger partial charge in [-0.25, -0.2) is 15.0 Å². The summed E-state index contributed by atoms with van der Waals surface area (Å²) in [6.45, 7) is 0. The Morgan fingerprint density at radius 2 is 2.04 bits per heavy atom. The zero-order valence-corrected chi connectivity index (χ0v) is 15.1. The quantitative estimate of drug-likeness (QED) is 0.756. The first kappa shape index (κ1) is 16.6.